The van der Waals surface area contributed by atoms with E-state index in [2.05, 4.69) is 15.9 Å². The van der Waals surface area contributed by atoms with Gasteiger partial charge in [-0.2, -0.15) is 0 Å². The Bertz CT molecular complexity index is 764. The number of hydroxylamine groups is 1. The summed E-state index contributed by atoms with van der Waals surface area (Å²) in [5.74, 6) is -0.663. The van der Waals surface area contributed by atoms with Crippen LogP contribution in [0.2, 0.25) is 0 Å². The number of rotatable bonds is 5. The fourth-order valence-corrected chi connectivity index (χ4v) is 2.24. The highest BCUT2D eigenvalue weighted by Gasteiger charge is 2.01. The van der Waals surface area contributed by atoms with Gasteiger partial charge in [0.1, 0.15) is 0 Å². The molecule has 23 heavy (non-hydrogen) atoms. The van der Waals surface area contributed by atoms with Gasteiger partial charge in [-0.05, 0) is 35.4 Å². The van der Waals surface area contributed by atoms with Crippen LogP contribution in [0.25, 0.3) is 12.2 Å². The molecule has 0 radical (unpaired) electrons. The molecule has 0 atom stereocenters. The minimum absolute atomic E-state index is 0.0742. The molecule has 2 N–H and O–H groups in total. The Balaban J connectivity index is 2.04. The molecule has 0 fully saturated rings. The molecule has 5 heteroatoms. The van der Waals surface area contributed by atoms with Crippen LogP contribution in [-0.2, 0) is 4.79 Å². The Labute approximate surface area is 142 Å². The Hall–Kier alpha value is -2.50. The third-order valence-corrected chi connectivity index (χ3v) is 3.50. The smallest absolute Gasteiger partial charge is 0.267 e. The molecule has 0 aromatic heterocycles. The SMILES string of the molecule is O=C(/C=C/c1ccc(/C=C/C(=O)c2cccc(Br)c2)cc1)NO. The van der Waals surface area contributed by atoms with Crippen molar-refractivity contribution in [2.75, 3.05) is 0 Å². The topological polar surface area (TPSA) is 66.4 Å². The molecule has 0 heterocycles. The van der Waals surface area contributed by atoms with Crippen LogP contribution in [0.4, 0.5) is 0 Å². The minimum atomic E-state index is -0.589. The molecule has 0 saturated carbocycles. The van der Waals surface area contributed by atoms with Gasteiger partial charge in [0.05, 0.1) is 0 Å². The summed E-state index contributed by atoms with van der Waals surface area (Å²) >= 11 is 3.34. The summed E-state index contributed by atoms with van der Waals surface area (Å²) in [4.78, 5) is 22.9. The first-order chi connectivity index (χ1) is 11.1. The van der Waals surface area contributed by atoms with Crippen molar-refractivity contribution in [1.29, 1.82) is 0 Å². The predicted octanol–water partition coefficient (Wildman–Crippen LogP) is 3.86. The molecule has 1 amide bonds. The van der Waals surface area contributed by atoms with E-state index in [4.69, 9.17) is 5.21 Å². The number of benzene rings is 2. The number of nitrogens with one attached hydrogen (secondary N) is 1. The first-order valence-corrected chi connectivity index (χ1v) is 7.58. The highest BCUT2D eigenvalue weighted by atomic mass is 79.9. The average Bonchev–Trinajstić information content (AvgIpc) is 2.58. The van der Waals surface area contributed by atoms with E-state index in [0.29, 0.717) is 5.56 Å². The highest BCUT2D eigenvalue weighted by molar-refractivity contribution is 9.10. The standard InChI is InChI=1S/C18H14BrNO3/c19-16-3-1-2-15(12-16)17(21)10-8-13-4-6-14(7-5-13)9-11-18(22)20-23/h1-12,23H,(H,20,22)/b10-8+,11-9+. The van der Waals surface area contributed by atoms with E-state index >= 15 is 0 Å². The molecule has 4 nitrogen and oxygen atoms in total. The van der Waals surface area contributed by atoms with Gasteiger partial charge in [0.2, 0.25) is 0 Å². The zero-order valence-electron chi connectivity index (χ0n) is 12.1. The van der Waals surface area contributed by atoms with Gasteiger partial charge in [0.25, 0.3) is 5.91 Å². The summed E-state index contributed by atoms with van der Waals surface area (Å²) in [6, 6.07) is 14.5. The van der Waals surface area contributed by atoms with Crippen LogP contribution in [-0.4, -0.2) is 16.9 Å². The second kappa shape index (κ2) is 8.22. The van der Waals surface area contributed by atoms with Crippen LogP contribution in [0.3, 0.4) is 0 Å². The largest absolute Gasteiger partial charge is 0.289 e. The number of carbonyl (C=O) groups excluding carboxylic acids is 2. The summed E-state index contributed by atoms with van der Waals surface area (Å²) in [7, 11) is 0. The molecular weight excluding hydrogens is 358 g/mol. The predicted molar refractivity (Wildman–Crippen MR) is 92.9 cm³/mol. The summed E-state index contributed by atoms with van der Waals surface area (Å²) in [6.45, 7) is 0. The lowest BCUT2D eigenvalue weighted by Crippen LogP contribution is -2.14. The van der Waals surface area contributed by atoms with Crippen LogP contribution in [0, 0.1) is 0 Å². The summed E-state index contributed by atoms with van der Waals surface area (Å²) in [5, 5.41) is 8.40. The number of amides is 1. The Morgan fingerprint density at radius 3 is 2.13 bits per heavy atom. The molecule has 0 aliphatic heterocycles. The van der Waals surface area contributed by atoms with Crippen LogP contribution in [0.15, 0.2) is 65.2 Å². The molecule has 2 aromatic carbocycles. The maximum absolute atomic E-state index is 12.1. The van der Waals surface area contributed by atoms with E-state index in [1.165, 1.54) is 17.6 Å². The normalized spacial score (nSPS) is 11.0. The van der Waals surface area contributed by atoms with E-state index < -0.39 is 5.91 Å². The third kappa shape index (κ3) is 5.32. The van der Waals surface area contributed by atoms with Crippen LogP contribution in [0.5, 0.6) is 0 Å². The van der Waals surface area contributed by atoms with E-state index in [1.54, 1.807) is 24.3 Å². The number of carbonyl (C=O) groups is 2. The van der Waals surface area contributed by atoms with Crippen molar-refractivity contribution in [3.63, 3.8) is 0 Å². The van der Waals surface area contributed by atoms with Crippen molar-refractivity contribution in [1.82, 2.24) is 5.48 Å². The monoisotopic (exact) mass is 371 g/mol. The van der Waals surface area contributed by atoms with Crippen LogP contribution in [0.1, 0.15) is 21.5 Å². The second-order valence-electron chi connectivity index (χ2n) is 4.68. The Morgan fingerprint density at radius 2 is 1.57 bits per heavy atom. The van der Waals surface area contributed by atoms with Crippen LogP contribution >= 0.6 is 15.9 Å². The minimum Gasteiger partial charge on any atom is -0.289 e. The summed E-state index contributed by atoms with van der Waals surface area (Å²) in [5.41, 5.74) is 3.82. The van der Waals surface area contributed by atoms with Gasteiger partial charge in [-0.1, -0.05) is 58.4 Å². The van der Waals surface area contributed by atoms with Crippen molar-refractivity contribution in [3.8, 4) is 0 Å². The lowest BCUT2D eigenvalue weighted by molar-refractivity contribution is -0.124. The molecule has 0 unspecified atom stereocenters. The van der Waals surface area contributed by atoms with Gasteiger partial charge in [-0.15, -0.1) is 0 Å². The van der Waals surface area contributed by atoms with Crippen molar-refractivity contribution < 1.29 is 14.8 Å². The first kappa shape index (κ1) is 16.9. The van der Waals surface area contributed by atoms with Crippen molar-refractivity contribution in [3.05, 3.63) is 81.8 Å². The molecule has 0 bridgehead atoms. The van der Waals surface area contributed by atoms with Crippen molar-refractivity contribution >= 4 is 39.8 Å². The Kier molecular flexibility index (Phi) is 6.02. The maximum Gasteiger partial charge on any atom is 0.267 e. The number of hydrogen-bond donors (Lipinski definition) is 2. The maximum atomic E-state index is 12.1. The number of allylic oxidation sites excluding steroid dienone is 1. The van der Waals surface area contributed by atoms with Crippen LogP contribution < -0.4 is 5.48 Å². The zero-order valence-corrected chi connectivity index (χ0v) is 13.7. The molecule has 116 valence electrons. The van der Waals surface area contributed by atoms with Gasteiger partial charge in [0, 0.05) is 16.1 Å². The summed E-state index contributed by atoms with van der Waals surface area (Å²) in [6.07, 6.45) is 6.05. The zero-order chi connectivity index (χ0) is 16.7. The molecule has 0 aliphatic rings. The van der Waals surface area contributed by atoms with Crippen molar-refractivity contribution in [2.24, 2.45) is 0 Å². The fourth-order valence-electron chi connectivity index (χ4n) is 1.84. The number of halogens is 1. The fraction of sp³-hybridized carbons (Fsp3) is 0. The first-order valence-electron chi connectivity index (χ1n) is 6.78. The lowest BCUT2D eigenvalue weighted by atomic mass is 10.1. The highest BCUT2D eigenvalue weighted by Crippen LogP contribution is 2.13. The molecule has 0 aliphatic carbocycles. The van der Waals surface area contributed by atoms with Gasteiger partial charge in [-0.3, -0.25) is 14.8 Å². The van der Waals surface area contributed by atoms with Gasteiger partial charge < -0.3 is 0 Å². The van der Waals surface area contributed by atoms with Gasteiger partial charge in [-0.25, -0.2) is 5.48 Å². The lowest BCUT2D eigenvalue weighted by Gasteiger charge is -1.98. The van der Waals surface area contributed by atoms with E-state index in [9.17, 15) is 9.59 Å². The number of ketones is 1. The van der Waals surface area contributed by atoms with E-state index in [0.717, 1.165) is 15.6 Å². The third-order valence-electron chi connectivity index (χ3n) is 3.01. The summed E-state index contributed by atoms with van der Waals surface area (Å²) < 4.78 is 0.861. The van der Waals surface area contributed by atoms with E-state index in [-0.39, 0.29) is 5.78 Å². The molecule has 0 saturated heterocycles. The number of hydrogen-bond acceptors (Lipinski definition) is 3. The van der Waals surface area contributed by atoms with Crippen molar-refractivity contribution in [2.45, 2.75) is 0 Å². The molecule has 2 rings (SSSR count). The quantitative estimate of drug-likeness (QED) is 0.363. The second-order valence-corrected chi connectivity index (χ2v) is 5.60. The van der Waals surface area contributed by atoms with Gasteiger partial charge in [0.15, 0.2) is 5.78 Å². The van der Waals surface area contributed by atoms with Gasteiger partial charge >= 0.3 is 0 Å². The molecular formula is C18H14BrNO3. The average molecular weight is 372 g/mol. The molecule has 2 aromatic rings. The van der Waals surface area contributed by atoms with E-state index in [1.807, 2.05) is 36.4 Å². The Morgan fingerprint density at radius 1 is 0.957 bits per heavy atom. The molecule has 0 spiro atoms.